The first-order chi connectivity index (χ1) is 4.27. The van der Waals surface area contributed by atoms with Crippen LogP contribution >= 0.6 is 0 Å². The lowest BCUT2D eigenvalue weighted by Gasteiger charge is -1.85. The van der Waals surface area contributed by atoms with E-state index in [-0.39, 0.29) is 0 Å². The maximum Gasteiger partial charge on any atom is 0.00115 e. The average Bonchev–Trinajstić information content (AvgIpc) is 1.80. The molecule has 0 aliphatic carbocycles. The summed E-state index contributed by atoms with van der Waals surface area (Å²) in [6.45, 7) is 4.02. The van der Waals surface area contributed by atoms with E-state index in [4.69, 9.17) is 5.73 Å². The molecule has 0 aliphatic heterocycles. The van der Waals surface area contributed by atoms with E-state index in [0.717, 1.165) is 18.5 Å². The minimum atomic E-state index is 0.899. The van der Waals surface area contributed by atoms with Gasteiger partial charge in [0.1, 0.15) is 0 Å². The highest BCUT2D eigenvalue weighted by molar-refractivity contribution is 4.97. The summed E-state index contributed by atoms with van der Waals surface area (Å²) in [4.78, 5) is 0. The van der Waals surface area contributed by atoms with Gasteiger partial charge in [0.25, 0.3) is 0 Å². The molecule has 0 bridgehead atoms. The maximum atomic E-state index is 5.40. The Hall–Kier alpha value is -0.720. The molecule has 0 saturated heterocycles. The summed E-state index contributed by atoms with van der Waals surface area (Å²) in [7, 11) is 0. The second-order valence-corrected chi connectivity index (χ2v) is 2.06. The second kappa shape index (κ2) is 5.42. The van der Waals surface area contributed by atoms with Crippen LogP contribution in [0.25, 0.3) is 0 Å². The van der Waals surface area contributed by atoms with E-state index >= 15 is 0 Å². The summed E-state index contributed by atoms with van der Waals surface area (Å²) in [5.41, 5.74) is 6.30. The van der Waals surface area contributed by atoms with Gasteiger partial charge in [0.2, 0.25) is 0 Å². The smallest absolute Gasteiger partial charge is 0.00115 e. The van der Waals surface area contributed by atoms with E-state index in [2.05, 4.69) is 19.1 Å². The molecule has 0 fully saturated rings. The van der Waals surface area contributed by atoms with Gasteiger partial charge in [0, 0.05) is 5.70 Å². The fraction of sp³-hybridized carbons (Fsp3) is 0.500. The van der Waals surface area contributed by atoms with Crippen molar-refractivity contribution >= 4 is 0 Å². The van der Waals surface area contributed by atoms with Crippen LogP contribution in [0.1, 0.15) is 26.7 Å². The maximum absolute atomic E-state index is 5.40. The molecule has 0 atom stereocenters. The van der Waals surface area contributed by atoms with Crippen molar-refractivity contribution in [3.05, 3.63) is 23.9 Å². The zero-order valence-electron chi connectivity index (χ0n) is 6.22. The third-order valence-electron chi connectivity index (χ3n) is 0.978. The fourth-order valence-electron chi connectivity index (χ4n) is 0.517. The van der Waals surface area contributed by atoms with Crippen molar-refractivity contribution in [2.75, 3.05) is 0 Å². The molecular formula is C8H15N. The molecule has 9 heavy (non-hydrogen) atoms. The Labute approximate surface area is 57.3 Å². The minimum Gasteiger partial charge on any atom is -0.403 e. The van der Waals surface area contributed by atoms with Crippen LogP contribution in [0.5, 0.6) is 0 Å². The molecule has 0 heterocycles. The molecule has 0 rings (SSSR count). The van der Waals surface area contributed by atoms with Crippen LogP contribution in [-0.2, 0) is 0 Å². The molecule has 0 aliphatic rings. The molecule has 0 aromatic carbocycles. The summed E-state index contributed by atoms with van der Waals surface area (Å²) in [6, 6.07) is 0. The Kier molecular flexibility index (Phi) is 4.98. The summed E-state index contributed by atoms with van der Waals surface area (Å²) in [5.74, 6) is 0. The zero-order chi connectivity index (χ0) is 7.11. The Morgan fingerprint density at radius 1 is 1.44 bits per heavy atom. The largest absolute Gasteiger partial charge is 0.403 e. The molecule has 0 spiro atoms. The number of allylic oxidation sites excluding steroid dienone is 4. The first-order valence-corrected chi connectivity index (χ1v) is 3.34. The molecule has 0 saturated carbocycles. The standard InChI is InChI=1S/C8H15N/c1-3-4-5-6-7-8(2)9/h4-5,7H,3,6,9H2,1-2H3/b5-4-,8-7-. The first-order valence-electron chi connectivity index (χ1n) is 3.34. The van der Waals surface area contributed by atoms with Crippen LogP contribution in [0.3, 0.4) is 0 Å². The van der Waals surface area contributed by atoms with Crippen LogP contribution in [0.4, 0.5) is 0 Å². The molecule has 0 unspecified atom stereocenters. The Bertz CT molecular complexity index is 108. The quantitative estimate of drug-likeness (QED) is 0.575. The summed E-state index contributed by atoms with van der Waals surface area (Å²) < 4.78 is 0. The molecule has 0 amide bonds. The van der Waals surface area contributed by atoms with Crippen LogP contribution in [0.15, 0.2) is 23.9 Å². The van der Waals surface area contributed by atoms with Crippen LogP contribution in [0.2, 0.25) is 0 Å². The summed E-state index contributed by atoms with van der Waals surface area (Å²) in [6.07, 6.45) is 8.34. The second-order valence-electron chi connectivity index (χ2n) is 2.06. The van der Waals surface area contributed by atoms with Gasteiger partial charge < -0.3 is 5.73 Å². The van der Waals surface area contributed by atoms with Gasteiger partial charge in [-0.3, -0.25) is 0 Å². The molecule has 52 valence electrons. The van der Waals surface area contributed by atoms with Crippen molar-refractivity contribution in [3.63, 3.8) is 0 Å². The molecule has 1 nitrogen and oxygen atoms in total. The summed E-state index contributed by atoms with van der Waals surface area (Å²) >= 11 is 0. The average molecular weight is 125 g/mol. The van der Waals surface area contributed by atoms with Crippen molar-refractivity contribution in [2.45, 2.75) is 26.7 Å². The van der Waals surface area contributed by atoms with Crippen LogP contribution in [0, 0.1) is 0 Å². The Balaban J connectivity index is 3.29. The highest BCUT2D eigenvalue weighted by Crippen LogP contribution is 1.89. The van der Waals surface area contributed by atoms with E-state index in [0.29, 0.717) is 0 Å². The highest BCUT2D eigenvalue weighted by Gasteiger charge is 1.73. The Morgan fingerprint density at radius 2 is 2.11 bits per heavy atom. The number of hydrogen-bond acceptors (Lipinski definition) is 1. The van der Waals surface area contributed by atoms with Crippen LogP contribution < -0.4 is 5.73 Å². The van der Waals surface area contributed by atoms with Gasteiger partial charge in [-0.2, -0.15) is 0 Å². The van der Waals surface area contributed by atoms with Crippen molar-refractivity contribution in [2.24, 2.45) is 5.73 Å². The van der Waals surface area contributed by atoms with Gasteiger partial charge in [-0.15, -0.1) is 0 Å². The molecule has 0 radical (unpaired) electrons. The topological polar surface area (TPSA) is 26.0 Å². The monoisotopic (exact) mass is 125 g/mol. The van der Waals surface area contributed by atoms with Crippen LogP contribution in [-0.4, -0.2) is 0 Å². The van der Waals surface area contributed by atoms with Gasteiger partial charge in [-0.05, 0) is 19.8 Å². The molecular weight excluding hydrogens is 110 g/mol. The molecule has 0 aromatic rings. The van der Waals surface area contributed by atoms with Gasteiger partial charge >= 0.3 is 0 Å². The minimum absolute atomic E-state index is 0.899. The van der Waals surface area contributed by atoms with E-state index < -0.39 is 0 Å². The van der Waals surface area contributed by atoms with Crippen molar-refractivity contribution < 1.29 is 0 Å². The first kappa shape index (κ1) is 8.28. The fourth-order valence-corrected chi connectivity index (χ4v) is 0.517. The lowest BCUT2D eigenvalue weighted by Crippen LogP contribution is -1.88. The van der Waals surface area contributed by atoms with Gasteiger partial charge in [0.05, 0.1) is 0 Å². The van der Waals surface area contributed by atoms with Crippen molar-refractivity contribution in [1.29, 1.82) is 0 Å². The normalized spacial score (nSPS) is 12.9. The molecule has 2 N–H and O–H groups in total. The highest BCUT2D eigenvalue weighted by atomic mass is 14.5. The number of nitrogens with two attached hydrogens (primary N) is 1. The predicted octanol–water partition coefficient (Wildman–Crippen LogP) is 2.21. The molecule has 1 heteroatoms. The Morgan fingerprint density at radius 3 is 2.56 bits per heavy atom. The molecule has 0 aromatic heterocycles. The van der Waals surface area contributed by atoms with Crippen molar-refractivity contribution in [3.8, 4) is 0 Å². The lowest BCUT2D eigenvalue weighted by atomic mass is 10.3. The van der Waals surface area contributed by atoms with Gasteiger partial charge in [-0.25, -0.2) is 0 Å². The third kappa shape index (κ3) is 7.28. The summed E-state index contributed by atoms with van der Waals surface area (Å²) in [5, 5.41) is 0. The predicted molar refractivity (Wildman–Crippen MR) is 42.0 cm³/mol. The van der Waals surface area contributed by atoms with E-state index in [1.54, 1.807) is 0 Å². The van der Waals surface area contributed by atoms with E-state index in [9.17, 15) is 0 Å². The van der Waals surface area contributed by atoms with Crippen molar-refractivity contribution in [1.82, 2.24) is 0 Å². The van der Waals surface area contributed by atoms with Gasteiger partial charge in [0.15, 0.2) is 0 Å². The number of hydrogen-bond donors (Lipinski definition) is 1. The lowest BCUT2D eigenvalue weighted by molar-refractivity contribution is 1.18. The van der Waals surface area contributed by atoms with E-state index in [1.165, 1.54) is 0 Å². The van der Waals surface area contributed by atoms with E-state index in [1.807, 2.05) is 13.0 Å². The number of rotatable bonds is 3. The SMILES string of the molecule is CC/C=C\C/C=C(/C)N. The van der Waals surface area contributed by atoms with Gasteiger partial charge in [-0.1, -0.05) is 25.2 Å². The third-order valence-corrected chi connectivity index (χ3v) is 0.978. The zero-order valence-corrected chi connectivity index (χ0v) is 6.22.